The molecule has 1 aromatic heterocycles. The largest absolute Gasteiger partial charge is 0.423 e. The molecule has 7 heteroatoms. The molecule has 27 heavy (non-hydrogen) atoms. The molecular formula is C20H26ClN3O3. The lowest BCUT2D eigenvalue weighted by Gasteiger charge is -2.35. The van der Waals surface area contributed by atoms with Crippen LogP contribution in [0.25, 0.3) is 11.1 Å². The number of piperidine rings is 2. The highest BCUT2D eigenvalue weighted by atomic mass is 35.5. The van der Waals surface area contributed by atoms with E-state index in [1.807, 2.05) is 17.0 Å². The number of aromatic nitrogens is 1. The number of aliphatic hydroxyl groups is 1. The van der Waals surface area contributed by atoms with E-state index in [9.17, 15) is 9.90 Å². The predicted molar refractivity (Wildman–Crippen MR) is 105 cm³/mol. The first kappa shape index (κ1) is 18.6. The Labute approximate surface area is 164 Å². The highest BCUT2D eigenvalue weighted by Crippen LogP contribution is 2.29. The maximum Gasteiger partial charge on any atom is 0.298 e. The van der Waals surface area contributed by atoms with Crippen LogP contribution in [0, 0.1) is 11.8 Å². The highest BCUT2D eigenvalue weighted by molar-refractivity contribution is 6.31. The van der Waals surface area contributed by atoms with Crippen LogP contribution in [0.2, 0.25) is 5.02 Å². The van der Waals surface area contributed by atoms with Gasteiger partial charge < -0.3 is 19.3 Å². The number of hydrogen-bond donors (Lipinski definition) is 1. The van der Waals surface area contributed by atoms with Gasteiger partial charge in [0.2, 0.25) is 5.91 Å². The van der Waals surface area contributed by atoms with Crippen molar-refractivity contribution in [3.8, 4) is 0 Å². The second-order valence-corrected chi connectivity index (χ2v) is 8.21. The quantitative estimate of drug-likeness (QED) is 0.865. The fourth-order valence-electron chi connectivity index (χ4n) is 4.17. The van der Waals surface area contributed by atoms with Crippen LogP contribution in [-0.4, -0.2) is 53.7 Å². The molecule has 2 aliphatic heterocycles. The molecule has 0 saturated carbocycles. The van der Waals surface area contributed by atoms with Crippen molar-refractivity contribution in [1.29, 1.82) is 0 Å². The standard InChI is InChI=1S/C20H26ClN3O3/c21-16-3-4-17-18(11-16)27-20(22-17)24-7-1-2-15(12-24)10-19(26)23-8-5-14(13-25)6-9-23/h3-4,11,14-15,25H,1-2,5-10,12-13H2. The van der Waals surface area contributed by atoms with Crippen molar-refractivity contribution in [3.63, 3.8) is 0 Å². The van der Waals surface area contributed by atoms with Gasteiger partial charge in [0, 0.05) is 50.3 Å². The summed E-state index contributed by atoms with van der Waals surface area (Å²) in [7, 11) is 0. The van der Waals surface area contributed by atoms with Gasteiger partial charge in [0.1, 0.15) is 5.52 Å². The van der Waals surface area contributed by atoms with Gasteiger partial charge in [-0.1, -0.05) is 11.6 Å². The van der Waals surface area contributed by atoms with E-state index in [4.69, 9.17) is 16.0 Å². The van der Waals surface area contributed by atoms with Gasteiger partial charge >= 0.3 is 0 Å². The molecule has 1 unspecified atom stereocenters. The van der Waals surface area contributed by atoms with Crippen LogP contribution in [0.4, 0.5) is 6.01 Å². The van der Waals surface area contributed by atoms with Gasteiger partial charge in [0.25, 0.3) is 6.01 Å². The first-order chi connectivity index (χ1) is 13.1. The van der Waals surface area contributed by atoms with Crippen LogP contribution in [-0.2, 0) is 4.79 Å². The first-order valence-corrected chi connectivity index (χ1v) is 10.2. The van der Waals surface area contributed by atoms with Crippen molar-refractivity contribution in [3.05, 3.63) is 23.2 Å². The van der Waals surface area contributed by atoms with Crippen molar-refractivity contribution < 1.29 is 14.3 Å². The molecule has 2 saturated heterocycles. The number of fused-ring (bicyclic) bond motifs is 1. The fourth-order valence-corrected chi connectivity index (χ4v) is 4.33. The zero-order valence-electron chi connectivity index (χ0n) is 15.4. The highest BCUT2D eigenvalue weighted by Gasteiger charge is 2.28. The van der Waals surface area contributed by atoms with E-state index in [2.05, 4.69) is 9.88 Å². The minimum atomic E-state index is 0.231. The lowest BCUT2D eigenvalue weighted by Crippen LogP contribution is -2.42. The maximum atomic E-state index is 12.7. The number of halogens is 1. The van der Waals surface area contributed by atoms with Crippen LogP contribution in [0.3, 0.4) is 0 Å². The number of aliphatic hydroxyl groups excluding tert-OH is 1. The molecule has 4 rings (SSSR count). The third-order valence-corrected chi connectivity index (χ3v) is 6.05. The monoisotopic (exact) mass is 391 g/mol. The number of amides is 1. The molecule has 1 amide bonds. The third kappa shape index (κ3) is 4.22. The summed E-state index contributed by atoms with van der Waals surface area (Å²) in [4.78, 5) is 21.4. The van der Waals surface area contributed by atoms with Crippen LogP contribution < -0.4 is 4.90 Å². The van der Waals surface area contributed by atoms with E-state index in [1.54, 1.807) is 6.07 Å². The SMILES string of the molecule is O=C(CC1CCCN(c2nc3ccc(Cl)cc3o2)C1)N1CCC(CO)CC1. The smallest absolute Gasteiger partial charge is 0.298 e. The van der Waals surface area contributed by atoms with Gasteiger partial charge in [-0.15, -0.1) is 0 Å². The number of nitrogens with zero attached hydrogens (tertiary/aromatic N) is 3. The number of likely N-dealkylation sites (tertiary alicyclic amines) is 1. The fraction of sp³-hybridized carbons (Fsp3) is 0.600. The van der Waals surface area contributed by atoms with Gasteiger partial charge in [0.15, 0.2) is 5.58 Å². The molecule has 1 atom stereocenters. The molecule has 3 heterocycles. The summed E-state index contributed by atoms with van der Waals surface area (Å²) < 4.78 is 5.89. The van der Waals surface area contributed by atoms with E-state index in [1.165, 1.54) is 0 Å². The number of anilines is 1. The van der Waals surface area contributed by atoms with Crippen LogP contribution in [0.1, 0.15) is 32.1 Å². The average Bonchev–Trinajstić information content (AvgIpc) is 3.11. The molecule has 6 nitrogen and oxygen atoms in total. The van der Waals surface area contributed by atoms with Crippen LogP contribution in [0.15, 0.2) is 22.6 Å². The van der Waals surface area contributed by atoms with E-state index < -0.39 is 0 Å². The van der Waals surface area contributed by atoms with Gasteiger partial charge in [-0.3, -0.25) is 4.79 Å². The van der Waals surface area contributed by atoms with Gasteiger partial charge in [-0.05, 0) is 49.7 Å². The molecule has 2 aromatic rings. The number of rotatable bonds is 4. The molecule has 0 bridgehead atoms. The summed E-state index contributed by atoms with van der Waals surface area (Å²) in [6, 6.07) is 6.08. The zero-order valence-corrected chi connectivity index (χ0v) is 16.2. The van der Waals surface area contributed by atoms with E-state index in [0.717, 1.165) is 57.4 Å². The minimum Gasteiger partial charge on any atom is -0.423 e. The maximum absolute atomic E-state index is 12.7. The predicted octanol–water partition coefficient (Wildman–Crippen LogP) is 3.32. The van der Waals surface area contributed by atoms with Crippen molar-refractivity contribution in [2.45, 2.75) is 32.1 Å². The Kier molecular flexibility index (Phi) is 5.55. The summed E-state index contributed by atoms with van der Waals surface area (Å²) in [6.07, 6.45) is 4.48. The molecule has 1 aromatic carbocycles. The average molecular weight is 392 g/mol. The normalized spacial score (nSPS) is 21.8. The third-order valence-electron chi connectivity index (χ3n) is 5.82. The van der Waals surface area contributed by atoms with Crippen LogP contribution >= 0.6 is 11.6 Å². The summed E-state index contributed by atoms with van der Waals surface area (Å²) in [6.45, 7) is 3.46. The number of carbonyl (C=O) groups is 1. The second-order valence-electron chi connectivity index (χ2n) is 7.77. The van der Waals surface area contributed by atoms with Gasteiger partial charge in [-0.25, -0.2) is 0 Å². The zero-order chi connectivity index (χ0) is 18.8. The lowest BCUT2D eigenvalue weighted by atomic mass is 9.93. The number of oxazole rings is 1. The number of carbonyl (C=O) groups excluding carboxylic acids is 1. The number of benzene rings is 1. The Hall–Kier alpha value is -1.79. The van der Waals surface area contributed by atoms with Crippen molar-refractivity contribution in [1.82, 2.24) is 9.88 Å². The molecule has 0 radical (unpaired) electrons. The number of hydrogen-bond acceptors (Lipinski definition) is 5. The molecule has 2 fully saturated rings. The van der Waals surface area contributed by atoms with E-state index >= 15 is 0 Å². The molecule has 146 valence electrons. The molecule has 0 spiro atoms. The van der Waals surface area contributed by atoms with E-state index in [-0.39, 0.29) is 12.5 Å². The minimum absolute atomic E-state index is 0.231. The Morgan fingerprint density at radius 1 is 1.22 bits per heavy atom. The van der Waals surface area contributed by atoms with Crippen molar-refractivity contribution in [2.75, 3.05) is 37.7 Å². The topological polar surface area (TPSA) is 69.8 Å². The summed E-state index contributed by atoms with van der Waals surface area (Å²) in [5.41, 5.74) is 1.50. The molecule has 0 aliphatic carbocycles. The summed E-state index contributed by atoms with van der Waals surface area (Å²) in [5, 5.41) is 9.89. The summed E-state index contributed by atoms with van der Waals surface area (Å²) >= 11 is 6.03. The van der Waals surface area contributed by atoms with Crippen molar-refractivity contribution in [2.24, 2.45) is 11.8 Å². The molecule has 2 aliphatic rings. The Morgan fingerprint density at radius 3 is 2.81 bits per heavy atom. The Morgan fingerprint density at radius 2 is 2.04 bits per heavy atom. The Balaban J connectivity index is 1.37. The van der Waals surface area contributed by atoms with Crippen LogP contribution in [0.5, 0.6) is 0 Å². The first-order valence-electron chi connectivity index (χ1n) is 9.82. The lowest BCUT2D eigenvalue weighted by molar-refractivity contribution is -0.133. The summed E-state index contributed by atoms with van der Waals surface area (Å²) in [5.74, 6) is 0.912. The Bertz CT molecular complexity index is 801. The van der Waals surface area contributed by atoms with Gasteiger partial charge in [0.05, 0.1) is 0 Å². The molecule has 1 N–H and O–H groups in total. The van der Waals surface area contributed by atoms with E-state index in [0.29, 0.717) is 34.9 Å². The molecular weight excluding hydrogens is 366 g/mol. The van der Waals surface area contributed by atoms with Gasteiger partial charge in [-0.2, -0.15) is 4.98 Å². The second kappa shape index (κ2) is 8.07. The van der Waals surface area contributed by atoms with Crippen molar-refractivity contribution >= 4 is 34.6 Å².